The van der Waals surface area contributed by atoms with Crippen molar-refractivity contribution in [1.29, 1.82) is 0 Å². The summed E-state index contributed by atoms with van der Waals surface area (Å²) in [5, 5.41) is 3.46. The fraction of sp³-hybridized carbons (Fsp3) is 0.294. The zero-order chi connectivity index (χ0) is 17.2. The summed E-state index contributed by atoms with van der Waals surface area (Å²) in [6.45, 7) is 0.646. The number of ether oxygens (including phenoxy) is 1. The molecule has 0 bridgehead atoms. The van der Waals surface area contributed by atoms with E-state index in [1.165, 1.54) is 11.3 Å². The number of amides is 2. The van der Waals surface area contributed by atoms with Crippen molar-refractivity contribution in [3.8, 4) is 0 Å². The predicted octanol–water partition coefficient (Wildman–Crippen LogP) is 2.76. The Bertz CT molecular complexity index is 819. The van der Waals surface area contributed by atoms with Gasteiger partial charge in [-0.25, -0.2) is 10.3 Å². The lowest BCUT2D eigenvalue weighted by Crippen LogP contribution is -2.32. The molecule has 1 atom stereocenters. The first-order valence-corrected chi connectivity index (χ1v) is 8.90. The maximum Gasteiger partial charge on any atom is 0.285 e. The monoisotopic (exact) mass is 359 g/mol. The third kappa shape index (κ3) is 3.37. The highest BCUT2D eigenvalue weighted by Gasteiger charge is 2.29. The van der Waals surface area contributed by atoms with Crippen LogP contribution in [0, 0.1) is 0 Å². The minimum absolute atomic E-state index is 0.172. The first-order chi connectivity index (χ1) is 12.2. The highest BCUT2D eigenvalue weighted by Crippen LogP contribution is 2.39. The molecule has 2 aromatic rings. The van der Waals surface area contributed by atoms with Crippen molar-refractivity contribution in [2.24, 2.45) is 0 Å². The number of fused-ring (bicyclic) bond motifs is 1. The molecule has 0 spiro atoms. The zero-order valence-electron chi connectivity index (χ0n) is 13.3. The van der Waals surface area contributed by atoms with Crippen LogP contribution in [-0.2, 0) is 14.4 Å². The third-order valence-corrected chi connectivity index (χ3v) is 5.11. The van der Waals surface area contributed by atoms with E-state index in [0.717, 1.165) is 30.5 Å². The lowest BCUT2D eigenvalue weighted by Gasteiger charge is -2.21. The predicted molar refractivity (Wildman–Crippen MR) is 93.8 cm³/mol. The van der Waals surface area contributed by atoms with Crippen LogP contribution in [0.5, 0.6) is 0 Å². The molecule has 0 saturated carbocycles. The molecule has 2 aromatic heterocycles. The summed E-state index contributed by atoms with van der Waals surface area (Å²) in [5.74, 6) is -0.517. The van der Waals surface area contributed by atoms with Crippen LogP contribution in [0.4, 0.5) is 5.00 Å². The van der Waals surface area contributed by atoms with Crippen LogP contribution in [0.2, 0.25) is 0 Å². The zero-order valence-corrected chi connectivity index (χ0v) is 14.2. The molecule has 2 amide bonds. The van der Waals surface area contributed by atoms with Gasteiger partial charge in [0.05, 0.1) is 10.5 Å². The third-order valence-electron chi connectivity index (χ3n) is 4.06. The lowest BCUT2D eigenvalue weighted by molar-refractivity contribution is -0.186. The molecule has 4 rings (SSSR count). The number of hydrogen-bond donors (Lipinski definition) is 3. The van der Waals surface area contributed by atoms with E-state index in [1.54, 1.807) is 18.3 Å². The summed E-state index contributed by atoms with van der Waals surface area (Å²) in [7, 11) is 0. The summed E-state index contributed by atoms with van der Waals surface area (Å²) in [6.07, 6.45) is 5.96. The van der Waals surface area contributed by atoms with Crippen molar-refractivity contribution in [3.63, 3.8) is 0 Å². The molecular weight excluding hydrogens is 342 g/mol. The van der Waals surface area contributed by atoms with Crippen molar-refractivity contribution in [1.82, 2.24) is 10.5 Å². The molecule has 130 valence electrons. The summed E-state index contributed by atoms with van der Waals surface area (Å²) < 4.78 is 5.41. The Morgan fingerprint density at radius 3 is 3.12 bits per heavy atom. The van der Waals surface area contributed by atoms with E-state index in [-0.39, 0.29) is 11.8 Å². The molecule has 1 fully saturated rings. The Labute approximate surface area is 148 Å². The number of anilines is 1. The van der Waals surface area contributed by atoms with Gasteiger partial charge in [-0.1, -0.05) is 0 Å². The van der Waals surface area contributed by atoms with E-state index in [0.29, 0.717) is 22.1 Å². The van der Waals surface area contributed by atoms with Crippen molar-refractivity contribution >= 4 is 39.8 Å². The first kappa shape index (κ1) is 16.1. The van der Waals surface area contributed by atoms with Crippen LogP contribution in [0.1, 0.15) is 40.2 Å². The Morgan fingerprint density at radius 1 is 1.44 bits per heavy atom. The van der Waals surface area contributed by atoms with Gasteiger partial charge in [-0.15, -0.1) is 11.3 Å². The van der Waals surface area contributed by atoms with Gasteiger partial charge in [-0.05, 0) is 37.1 Å². The van der Waals surface area contributed by atoms with Gasteiger partial charge in [0.15, 0.2) is 6.29 Å². The van der Waals surface area contributed by atoms with E-state index in [4.69, 9.17) is 9.57 Å². The number of carbonyl (C=O) groups excluding carboxylic acids is 2. The van der Waals surface area contributed by atoms with Gasteiger partial charge < -0.3 is 15.0 Å². The van der Waals surface area contributed by atoms with Crippen molar-refractivity contribution in [2.75, 3.05) is 11.9 Å². The molecule has 7 nitrogen and oxygen atoms in total. The Balaban J connectivity index is 1.47. The Morgan fingerprint density at radius 2 is 2.36 bits per heavy atom. The van der Waals surface area contributed by atoms with Gasteiger partial charge in [0.1, 0.15) is 5.00 Å². The van der Waals surface area contributed by atoms with Gasteiger partial charge >= 0.3 is 0 Å². The van der Waals surface area contributed by atoms with E-state index in [9.17, 15) is 9.59 Å². The summed E-state index contributed by atoms with van der Waals surface area (Å²) >= 11 is 1.22. The number of H-pyrrole nitrogens is 1. The molecular formula is C17H17N3O4S. The van der Waals surface area contributed by atoms with E-state index in [2.05, 4.69) is 15.8 Å². The molecule has 2 aliphatic heterocycles. The van der Waals surface area contributed by atoms with Crippen LogP contribution >= 0.6 is 11.3 Å². The molecule has 0 radical (unpaired) electrons. The van der Waals surface area contributed by atoms with Gasteiger partial charge in [-0.2, -0.15) is 0 Å². The fourth-order valence-corrected chi connectivity index (χ4v) is 3.75. The average molecular weight is 359 g/mol. The maximum atomic E-state index is 12.3. The van der Waals surface area contributed by atoms with E-state index >= 15 is 0 Å². The van der Waals surface area contributed by atoms with Gasteiger partial charge in [0.2, 0.25) is 0 Å². The van der Waals surface area contributed by atoms with Crippen molar-refractivity contribution < 1.29 is 19.2 Å². The second kappa shape index (κ2) is 6.83. The first-order valence-electron chi connectivity index (χ1n) is 8.09. The number of aromatic amines is 1. The number of hydrogen-bond acceptors (Lipinski definition) is 5. The van der Waals surface area contributed by atoms with E-state index < -0.39 is 6.29 Å². The van der Waals surface area contributed by atoms with Crippen LogP contribution in [0.3, 0.4) is 0 Å². The maximum absolute atomic E-state index is 12.3. The Kier molecular flexibility index (Phi) is 4.39. The van der Waals surface area contributed by atoms with Crippen molar-refractivity contribution in [2.45, 2.75) is 25.6 Å². The summed E-state index contributed by atoms with van der Waals surface area (Å²) in [5.41, 5.74) is 4.52. The minimum Gasteiger partial charge on any atom is -0.362 e. The molecule has 0 aliphatic carbocycles. The molecule has 4 heterocycles. The lowest BCUT2D eigenvalue weighted by atomic mass is 10.1. The molecule has 1 unspecified atom stereocenters. The highest BCUT2D eigenvalue weighted by atomic mass is 32.1. The number of rotatable bonds is 4. The fourth-order valence-electron chi connectivity index (χ4n) is 2.80. The van der Waals surface area contributed by atoms with E-state index in [1.807, 2.05) is 12.1 Å². The summed E-state index contributed by atoms with van der Waals surface area (Å²) in [4.78, 5) is 33.2. The van der Waals surface area contributed by atoms with Crippen molar-refractivity contribution in [3.05, 3.63) is 40.5 Å². The molecule has 25 heavy (non-hydrogen) atoms. The quantitative estimate of drug-likeness (QED) is 0.578. The van der Waals surface area contributed by atoms with Crippen LogP contribution in [-0.4, -0.2) is 29.7 Å². The number of thiophene rings is 1. The SMILES string of the molecule is O=C1Nc2sc(C(=O)NOC3CCCCO3)cc2C1=Cc1ccc[nH]1. The molecule has 0 aromatic carbocycles. The second-order valence-corrected chi connectivity index (χ2v) is 6.89. The topological polar surface area (TPSA) is 92.5 Å². The average Bonchev–Trinajstić information content (AvgIpc) is 3.33. The smallest absolute Gasteiger partial charge is 0.285 e. The number of hydroxylamine groups is 1. The normalized spacial score (nSPS) is 21.2. The van der Waals surface area contributed by atoms with Gasteiger partial charge in [0.25, 0.3) is 11.8 Å². The molecule has 2 aliphatic rings. The molecule has 3 N–H and O–H groups in total. The highest BCUT2D eigenvalue weighted by molar-refractivity contribution is 7.18. The standard InChI is InChI=1S/C17H17N3O4S/c21-15-11(8-10-4-3-6-18-10)12-9-13(25-17(12)19-15)16(22)20-24-14-5-1-2-7-23-14/h3-4,6,8-9,14,18H,1-2,5,7H2,(H,19,21)(H,20,22). The van der Waals surface area contributed by atoms with Gasteiger partial charge in [-0.3, -0.25) is 9.59 Å². The van der Waals surface area contributed by atoms with Gasteiger partial charge in [0, 0.05) is 30.5 Å². The minimum atomic E-state index is -0.396. The van der Waals surface area contributed by atoms with Crippen LogP contribution < -0.4 is 10.8 Å². The number of nitrogens with one attached hydrogen (secondary N) is 3. The van der Waals surface area contributed by atoms with Crippen LogP contribution in [0.15, 0.2) is 24.4 Å². The molecule has 8 heteroatoms. The summed E-state index contributed by atoms with van der Waals surface area (Å²) in [6, 6.07) is 5.43. The number of carbonyl (C=O) groups is 2. The molecule has 1 saturated heterocycles. The Hall–Kier alpha value is -2.42. The van der Waals surface area contributed by atoms with Crippen LogP contribution in [0.25, 0.3) is 11.6 Å². The number of aromatic nitrogens is 1. The second-order valence-electron chi connectivity index (χ2n) is 5.84. The largest absolute Gasteiger partial charge is 0.362 e.